The highest BCUT2D eigenvalue weighted by Crippen LogP contribution is 2.30. The molecule has 6 nitrogen and oxygen atoms in total. The normalized spacial score (nSPS) is 12.8. The summed E-state index contributed by atoms with van der Waals surface area (Å²) >= 11 is 1.56. The number of urea groups is 1. The van der Waals surface area contributed by atoms with Crippen LogP contribution in [0.25, 0.3) is 0 Å². The Morgan fingerprint density at radius 3 is 2.65 bits per heavy atom. The molecule has 0 saturated carbocycles. The molecule has 7 heteroatoms. The van der Waals surface area contributed by atoms with Gasteiger partial charge in [0.1, 0.15) is 0 Å². The Kier molecular flexibility index (Phi) is 6.01. The second-order valence-electron chi connectivity index (χ2n) is 6.05. The van der Waals surface area contributed by atoms with Gasteiger partial charge >= 0.3 is 12.0 Å². The molecule has 136 valence electrons. The number of benzene rings is 1. The third-order valence-corrected chi connectivity index (χ3v) is 5.25. The summed E-state index contributed by atoms with van der Waals surface area (Å²) in [5, 5.41) is 6.52. The Bertz CT molecular complexity index is 801. The average molecular weight is 372 g/mol. The molecule has 2 N–H and O–H groups in total. The maximum atomic E-state index is 12.2. The minimum absolute atomic E-state index is 0.306. The predicted molar refractivity (Wildman–Crippen MR) is 98.1 cm³/mol. The molecule has 0 unspecified atom stereocenters. The van der Waals surface area contributed by atoms with Crippen LogP contribution in [0.1, 0.15) is 39.2 Å². The van der Waals surface area contributed by atoms with E-state index in [1.807, 2.05) is 30.3 Å². The van der Waals surface area contributed by atoms with E-state index in [4.69, 9.17) is 4.74 Å². The molecule has 3 rings (SSSR count). The van der Waals surface area contributed by atoms with E-state index in [1.54, 1.807) is 16.7 Å². The summed E-state index contributed by atoms with van der Waals surface area (Å²) in [6.07, 6.45) is 4.07. The van der Waals surface area contributed by atoms with Gasteiger partial charge in [-0.25, -0.2) is 9.59 Å². The van der Waals surface area contributed by atoms with E-state index in [0.29, 0.717) is 12.1 Å². The lowest BCUT2D eigenvalue weighted by Crippen LogP contribution is -2.41. The predicted octanol–water partition coefficient (Wildman–Crippen LogP) is 2.81. The number of hydrogen-bond donors (Lipinski definition) is 2. The standard InChI is InChI=1S/C19H20N2O4S/c22-17(21-19(24)20-10-13-6-2-1-3-7-13)11-25-18(23)15-12-26-16-9-5-4-8-14(15)16/h1-3,6-7,12H,4-5,8-11H2,(H2,20,21,22,24). The molecule has 0 spiro atoms. The highest BCUT2D eigenvalue weighted by molar-refractivity contribution is 7.10. The fourth-order valence-corrected chi connectivity index (χ4v) is 3.97. The highest BCUT2D eigenvalue weighted by atomic mass is 32.1. The lowest BCUT2D eigenvalue weighted by atomic mass is 9.96. The van der Waals surface area contributed by atoms with Crippen LogP contribution in [0.2, 0.25) is 0 Å². The van der Waals surface area contributed by atoms with Crippen LogP contribution < -0.4 is 10.6 Å². The molecule has 0 bridgehead atoms. The van der Waals surface area contributed by atoms with Crippen LogP contribution >= 0.6 is 11.3 Å². The van der Waals surface area contributed by atoms with E-state index < -0.39 is 24.5 Å². The van der Waals surface area contributed by atoms with Crippen molar-refractivity contribution < 1.29 is 19.1 Å². The van der Waals surface area contributed by atoms with Crippen LogP contribution in [0, 0.1) is 0 Å². The zero-order valence-corrected chi connectivity index (χ0v) is 15.1. The fourth-order valence-electron chi connectivity index (χ4n) is 2.86. The Balaban J connectivity index is 1.43. The van der Waals surface area contributed by atoms with Gasteiger partial charge in [0.2, 0.25) is 0 Å². The maximum Gasteiger partial charge on any atom is 0.339 e. The van der Waals surface area contributed by atoms with E-state index in [0.717, 1.165) is 36.8 Å². The molecule has 1 aromatic heterocycles. The minimum Gasteiger partial charge on any atom is -0.452 e. The van der Waals surface area contributed by atoms with Crippen LogP contribution in [0.4, 0.5) is 4.79 Å². The van der Waals surface area contributed by atoms with Crippen LogP contribution in [0.3, 0.4) is 0 Å². The van der Waals surface area contributed by atoms with Crippen molar-refractivity contribution in [2.45, 2.75) is 32.2 Å². The van der Waals surface area contributed by atoms with Gasteiger partial charge in [-0.2, -0.15) is 0 Å². The van der Waals surface area contributed by atoms with Gasteiger partial charge in [-0.15, -0.1) is 11.3 Å². The summed E-state index contributed by atoms with van der Waals surface area (Å²) in [5.41, 5.74) is 2.52. The van der Waals surface area contributed by atoms with Gasteiger partial charge in [-0.3, -0.25) is 10.1 Å². The maximum absolute atomic E-state index is 12.2. The molecular weight excluding hydrogens is 352 g/mol. The number of fused-ring (bicyclic) bond motifs is 1. The molecule has 1 aromatic carbocycles. The summed E-state index contributed by atoms with van der Waals surface area (Å²) in [5.74, 6) is -1.17. The first-order valence-corrected chi connectivity index (χ1v) is 9.39. The molecular formula is C19H20N2O4S. The number of nitrogens with one attached hydrogen (secondary N) is 2. The van der Waals surface area contributed by atoms with Crippen molar-refractivity contribution in [3.05, 3.63) is 57.3 Å². The second-order valence-corrected chi connectivity index (χ2v) is 7.02. The van der Waals surface area contributed by atoms with Gasteiger partial charge in [-0.1, -0.05) is 30.3 Å². The number of rotatable bonds is 5. The first-order chi connectivity index (χ1) is 12.6. The smallest absolute Gasteiger partial charge is 0.339 e. The summed E-state index contributed by atoms with van der Waals surface area (Å²) in [7, 11) is 0. The molecule has 0 radical (unpaired) electrons. The van der Waals surface area contributed by atoms with E-state index in [9.17, 15) is 14.4 Å². The second kappa shape index (κ2) is 8.62. The lowest BCUT2D eigenvalue weighted by Gasteiger charge is -2.12. The number of hydrogen-bond acceptors (Lipinski definition) is 5. The van der Waals surface area contributed by atoms with Crippen molar-refractivity contribution >= 4 is 29.2 Å². The highest BCUT2D eigenvalue weighted by Gasteiger charge is 2.21. The van der Waals surface area contributed by atoms with Crippen LogP contribution in [-0.4, -0.2) is 24.5 Å². The largest absolute Gasteiger partial charge is 0.452 e. The zero-order chi connectivity index (χ0) is 18.4. The first kappa shape index (κ1) is 18.1. The van der Waals surface area contributed by atoms with Gasteiger partial charge in [0.15, 0.2) is 6.61 Å². The van der Waals surface area contributed by atoms with Crippen molar-refractivity contribution in [1.29, 1.82) is 0 Å². The van der Waals surface area contributed by atoms with E-state index in [1.165, 1.54) is 4.88 Å². The minimum atomic E-state index is -0.659. The van der Waals surface area contributed by atoms with Gasteiger partial charge in [0.25, 0.3) is 5.91 Å². The molecule has 0 atom stereocenters. The molecule has 3 amide bonds. The molecule has 0 saturated heterocycles. The molecule has 0 aliphatic heterocycles. The summed E-state index contributed by atoms with van der Waals surface area (Å²) in [6.45, 7) is -0.178. The zero-order valence-electron chi connectivity index (χ0n) is 14.2. The van der Waals surface area contributed by atoms with Crippen molar-refractivity contribution in [3.63, 3.8) is 0 Å². The van der Waals surface area contributed by atoms with E-state index >= 15 is 0 Å². The summed E-state index contributed by atoms with van der Waals surface area (Å²) in [6, 6.07) is 8.72. The molecule has 1 aliphatic rings. The van der Waals surface area contributed by atoms with Crippen molar-refractivity contribution in [2.75, 3.05) is 6.61 Å². The van der Waals surface area contributed by atoms with Crippen molar-refractivity contribution in [2.24, 2.45) is 0 Å². The molecule has 1 aliphatic carbocycles. The van der Waals surface area contributed by atoms with E-state index in [2.05, 4.69) is 10.6 Å². The van der Waals surface area contributed by atoms with Gasteiger partial charge in [0, 0.05) is 16.8 Å². The number of carbonyl (C=O) groups is 3. The van der Waals surface area contributed by atoms with Gasteiger partial charge in [-0.05, 0) is 36.8 Å². The number of imide groups is 1. The lowest BCUT2D eigenvalue weighted by molar-refractivity contribution is -0.123. The topological polar surface area (TPSA) is 84.5 Å². The number of aryl methyl sites for hydroxylation is 1. The average Bonchev–Trinajstić information content (AvgIpc) is 3.09. The van der Waals surface area contributed by atoms with E-state index in [-0.39, 0.29) is 0 Å². The molecule has 26 heavy (non-hydrogen) atoms. The Morgan fingerprint density at radius 2 is 1.85 bits per heavy atom. The number of thiophene rings is 1. The van der Waals surface area contributed by atoms with Crippen LogP contribution in [0.5, 0.6) is 0 Å². The summed E-state index contributed by atoms with van der Waals surface area (Å²) < 4.78 is 5.05. The Labute approximate surface area is 155 Å². The molecule has 2 aromatic rings. The summed E-state index contributed by atoms with van der Waals surface area (Å²) in [4.78, 5) is 36.9. The third kappa shape index (κ3) is 4.70. The first-order valence-electron chi connectivity index (χ1n) is 8.51. The third-order valence-electron chi connectivity index (χ3n) is 4.16. The molecule has 0 fully saturated rings. The quantitative estimate of drug-likeness (QED) is 0.791. The van der Waals surface area contributed by atoms with Crippen molar-refractivity contribution in [1.82, 2.24) is 10.6 Å². The number of esters is 1. The van der Waals surface area contributed by atoms with Crippen molar-refractivity contribution in [3.8, 4) is 0 Å². The SMILES string of the molecule is O=C(COC(=O)c1csc2c1CCCC2)NC(=O)NCc1ccccc1. The van der Waals surface area contributed by atoms with Gasteiger partial charge in [0.05, 0.1) is 5.56 Å². The fraction of sp³-hybridized carbons (Fsp3) is 0.316. The molecule has 1 heterocycles. The van der Waals surface area contributed by atoms with Gasteiger partial charge < -0.3 is 10.1 Å². The number of amides is 3. The number of ether oxygens (including phenoxy) is 1. The Hall–Kier alpha value is -2.67. The van der Waals surface area contributed by atoms with Crippen LogP contribution in [0.15, 0.2) is 35.7 Å². The number of carbonyl (C=O) groups excluding carboxylic acids is 3. The Morgan fingerprint density at radius 1 is 1.08 bits per heavy atom. The van der Waals surface area contributed by atoms with Crippen LogP contribution in [-0.2, 0) is 28.9 Å². The monoisotopic (exact) mass is 372 g/mol.